The number of benzene rings is 2. The molecule has 0 aliphatic rings. The molecule has 22 heavy (non-hydrogen) atoms. The summed E-state index contributed by atoms with van der Waals surface area (Å²) in [4.78, 5) is 12.8. The first-order valence-electron chi connectivity index (χ1n) is 6.76. The van der Waals surface area contributed by atoms with Crippen LogP contribution in [0.3, 0.4) is 0 Å². The van der Waals surface area contributed by atoms with E-state index in [0.29, 0.717) is 10.4 Å². The fraction of sp³-hybridized carbons (Fsp3) is 0.118. The molecule has 1 heterocycles. The third-order valence-corrected chi connectivity index (χ3v) is 4.46. The number of amides is 1. The second-order valence-electron chi connectivity index (χ2n) is 4.79. The van der Waals surface area contributed by atoms with Crippen LogP contribution in [0.5, 0.6) is 5.75 Å². The van der Waals surface area contributed by atoms with Gasteiger partial charge in [0.05, 0.1) is 12.0 Å². The van der Waals surface area contributed by atoms with Crippen LogP contribution in [0.1, 0.15) is 15.2 Å². The lowest BCUT2D eigenvalue weighted by Crippen LogP contribution is -2.22. The second-order valence-corrected chi connectivity index (χ2v) is 5.87. The fourth-order valence-electron chi connectivity index (χ4n) is 2.16. The number of carbonyl (C=O) groups is 1. The Bertz CT molecular complexity index is 828. The summed E-state index contributed by atoms with van der Waals surface area (Å²) in [6, 6.07) is 13.9. The van der Waals surface area contributed by atoms with Gasteiger partial charge in [-0.1, -0.05) is 18.2 Å². The molecule has 0 spiro atoms. The van der Waals surface area contributed by atoms with Crippen molar-refractivity contribution >= 4 is 27.3 Å². The molecule has 3 rings (SSSR count). The van der Waals surface area contributed by atoms with Gasteiger partial charge in [-0.15, -0.1) is 11.3 Å². The average molecular weight is 315 g/mol. The molecule has 0 saturated heterocycles. The quantitative estimate of drug-likeness (QED) is 0.791. The van der Waals surface area contributed by atoms with Crippen LogP contribution in [0.15, 0.2) is 48.5 Å². The summed E-state index contributed by atoms with van der Waals surface area (Å²) >= 11 is 1.40. The normalized spacial score (nSPS) is 10.6. The smallest absolute Gasteiger partial charge is 0.261 e. The number of methoxy groups -OCH3 is 1. The van der Waals surface area contributed by atoms with Crippen molar-refractivity contribution in [3.05, 3.63) is 64.8 Å². The largest absolute Gasteiger partial charge is 0.497 e. The highest BCUT2D eigenvalue weighted by molar-refractivity contribution is 7.20. The van der Waals surface area contributed by atoms with Gasteiger partial charge in [-0.05, 0) is 35.7 Å². The number of rotatable bonds is 4. The van der Waals surface area contributed by atoms with E-state index in [4.69, 9.17) is 4.74 Å². The molecule has 0 aliphatic carbocycles. The average Bonchev–Trinajstić information content (AvgIpc) is 2.96. The molecule has 3 nitrogen and oxygen atoms in total. The van der Waals surface area contributed by atoms with Gasteiger partial charge in [0, 0.05) is 16.8 Å². The first-order valence-corrected chi connectivity index (χ1v) is 7.58. The van der Waals surface area contributed by atoms with Crippen molar-refractivity contribution in [2.24, 2.45) is 0 Å². The monoisotopic (exact) mass is 315 g/mol. The van der Waals surface area contributed by atoms with Crippen LogP contribution in [0.4, 0.5) is 4.39 Å². The predicted octanol–water partition coefficient (Wildman–Crippen LogP) is 3.98. The molecule has 1 aromatic heterocycles. The summed E-state index contributed by atoms with van der Waals surface area (Å²) < 4.78 is 19.7. The topological polar surface area (TPSA) is 38.3 Å². The molecule has 112 valence electrons. The highest BCUT2D eigenvalue weighted by Crippen LogP contribution is 2.28. The van der Waals surface area contributed by atoms with Crippen LogP contribution in [-0.4, -0.2) is 13.0 Å². The van der Waals surface area contributed by atoms with Crippen molar-refractivity contribution in [3.63, 3.8) is 0 Å². The summed E-state index contributed by atoms with van der Waals surface area (Å²) in [6.45, 7) is 0.170. The van der Waals surface area contributed by atoms with E-state index in [2.05, 4.69) is 5.32 Å². The van der Waals surface area contributed by atoms with Gasteiger partial charge >= 0.3 is 0 Å². The summed E-state index contributed by atoms with van der Waals surface area (Å²) in [5.74, 6) is 0.232. The van der Waals surface area contributed by atoms with E-state index in [1.54, 1.807) is 25.3 Å². The molecule has 0 unspecified atom stereocenters. The second kappa shape index (κ2) is 6.15. The molecule has 0 atom stereocenters. The summed E-state index contributed by atoms with van der Waals surface area (Å²) in [5, 5.41) is 3.70. The van der Waals surface area contributed by atoms with Crippen LogP contribution >= 0.6 is 11.3 Å². The van der Waals surface area contributed by atoms with Crippen molar-refractivity contribution in [3.8, 4) is 5.75 Å². The lowest BCUT2D eigenvalue weighted by molar-refractivity contribution is 0.0954. The molecular weight excluding hydrogens is 301 g/mol. The number of hydrogen-bond donors (Lipinski definition) is 1. The van der Waals surface area contributed by atoms with Crippen LogP contribution in [0.25, 0.3) is 10.1 Å². The number of hydrogen-bond acceptors (Lipinski definition) is 3. The first kappa shape index (κ1) is 14.5. The third-order valence-electron chi connectivity index (χ3n) is 3.34. The van der Waals surface area contributed by atoms with Gasteiger partial charge in [0.1, 0.15) is 11.6 Å². The number of thiophene rings is 1. The fourth-order valence-corrected chi connectivity index (χ4v) is 3.12. The highest BCUT2D eigenvalue weighted by atomic mass is 32.1. The zero-order chi connectivity index (χ0) is 15.5. The van der Waals surface area contributed by atoms with Crippen molar-refractivity contribution < 1.29 is 13.9 Å². The van der Waals surface area contributed by atoms with Gasteiger partial charge in [-0.2, -0.15) is 0 Å². The standard InChI is InChI=1S/C17H14FNO2S/c1-21-13-6-7-15-12(8-13)9-16(22-15)17(20)19-10-11-4-2-3-5-14(11)18/h2-9H,10H2,1H3,(H,19,20). The van der Waals surface area contributed by atoms with Gasteiger partial charge in [0.25, 0.3) is 5.91 Å². The Morgan fingerprint density at radius 3 is 2.82 bits per heavy atom. The number of carbonyl (C=O) groups excluding carboxylic acids is 1. The van der Waals surface area contributed by atoms with Gasteiger partial charge in [0.15, 0.2) is 0 Å². The minimum Gasteiger partial charge on any atom is -0.497 e. The van der Waals surface area contributed by atoms with Crippen LogP contribution in [0, 0.1) is 5.82 Å². The van der Waals surface area contributed by atoms with Gasteiger partial charge < -0.3 is 10.1 Å². The van der Waals surface area contributed by atoms with Crippen LogP contribution < -0.4 is 10.1 Å². The Kier molecular flexibility index (Phi) is 4.06. The molecule has 3 aromatic rings. The van der Waals surface area contributed by atoms with E-state index in [9.17, 15) is 9.18 Å². The number of nitrogens with one attached hydrogen (secondary N) is 1. The van der Waals surface area contributed by atoms with E-state index in [0.717, 1.165) is 15.8 Å². The van der Waals surface area contributed by atoms with E-state index in [1.807, 2.05) is 24.3 Å². The molecule has 0 aliphatic heterocycles. The maximum absolute atomic E-state index is 13.5. The highest BCUT2D eigenvalue weighted by Gasteiger charge is 2.11. The van der Waals surface area contributed by atoms with E-state index in [-0.39, 0.29) is 18.3 Å². The molecular formula is C17H14FNO2S. The molecule has 5 heteroatoms. The van der Waals surface area contributed by atoms with Crippen LogP contribution in [0.2, 0.25) is 0 Å². The van der Waals surface area contributed by atoms with Crippen molar-refractivity contribution in [2.75, 3.05) is 7.11 Å². The molecule has 0 saturated carbocycles. The van der Waals surface area contributed by atoms with Crippen LogP contribution in [-0.2, 0) is 6.54 Å². The Morgan fingerprint density at radius 2 is 2.05 bits per heavy atom. The Labute approximate surface area is 131 Å². The van der Waals surface area contributed by atoms with Crippen molar-refractivity contribution in [2.45, 2.75) is 6.54 Å². The SMILES string of the molecule is COc1ccc2sc(C(=O)NCc3ccccc3F)cc2c1. The lowest BCUT2D eigenvalue weighted by atomic mass is 10.2. The van der Waals surface area contributed by atoms with Gasteiger partial charge in [0.2, 0.25) is 0 Å². The molecule has 0 fully saturated rings. The zero-order valence-corrected chi connectivity index (χ0v) is 12.7. The zero-order valence-electron chi connectivity index (χ0n) is 11.9. The third kappa shape index (κ3) is 2.94. The lowest BCUT2D eigenvalue weighted by Gasteiger charge is -2.04. The number of fused-ring (bicyclic) bond motifs is 1. The molecule has 1 N–H and O–H groups in total. The molecule has 2 aromatic carbocycles. The van der Waals surface area contributed by atoms with E-state index >= 15 is 0 Å². The van der Waals surface area contributed by atoms with Gasteiger partial charge in [-0.3, -0.25) is 4.79 Å². The number of ether oxygens (including phenoxy) is 1. The Morgan fingerprint density at radius 1 is 1.23 bits per heavy atom. The molecule has 0 radical (unpaired) electrons. The minimum absolute atomic E-state index is 0.170. The van der Waals surface area contributed by atoms with Crippen molar-refractivity contribution in [1.29, 1.82) is 0 Å². The van der Waals surface area contributed by atoms with Gasteiger partial charge in [-0.25, -0.2) is 4.39 Å². The summed E-state index contributed by atoms with van der Waals surface area (Å²) in [5.41, 5.74) is 0.471. The van der Waals surface area contributed by atoms with E-state index in [1.165, 1.54) is 17.4 Å². The predicted molar refractivity (Wildman–Crippen MR) is 85.9 cm³/mol. The summed E-state index contributed by atoms with van der Waals surface area (Å²) in [7, 11) is 1.61. The van der Waals surface area contributed by atoms with E-state index < -0.39 is 0 Å². The Balaban J connectivity index is 1.76. The Hall–Kier alpha value is -2.40. The number of halogens is 1. The molecule has 1 amide bonds. The molecule has 0 bridgehead atoms. The maximum atomic E-state index is 13.5. The van der Waals surface area contributed by atoms with Crippen molar-refractivity contribution in [1.82, 2.24) is 5.32 Å². The maximum Gasteiger partial charge on any atom is 0.261 e. The minimum atomic E-state index is -0.316. The first-order chi connectivity index (χ1) is 10.7. The summed E-state index contributed by atoms with van der Waals surface area (Å²) in [6.07, 6.45) is 0.